The Hall–Kier alpha value is -2.17. The van der Waals surface area contributed by atoms with Gasteiger partial charge in [-0.2, -0.15) is 5.10 Å². The van der Waals surface area contributed by atoms with Crippen molar-refractivity contribution in [2.45, 2.75) is 33.2 Å². The average Bonchev–Trinajstić information content (AvgIpc) is 2.78. The number of carbonyl (C=O) groups excluding carboxylic acids is 1. The summed E-state index contributed by atoms with van der Waals surface area (Å²) in [5.41, 5.74) is 2.91. The number of anilines is 1. The Morgan fingerprint density at radius 2 is 2.11 bits per heavy atom. The largest absolute Gasteiger partial charge is 0.326 e. The predicted molar refractivity (Wildman–Crippen MR) is 73.8 cm³/mol. The number of carbonyl (C=O) groups is 1. The van der Waals surface area contributed by atoms with Crippen LogP contribution in [0.3, 0.4) is 0 Å². The molecule has 0 aromatic carbocycles. The zero-order valence-electron chi connectivity index (χ0n) is 11.3. The Bertz CT molecular complexity index is 548. The Morgan fingerprint density at radius 1 is 1.37 bits per heavy atom. The van der Waals surface area contributed by atoms with Gasteiger partial charge in [0, 0.05) is 37.2 Å². The van der Waals surface area contributed by atoms with Gasteiger partial charge in [-0.1, -0.05) is 0 Å². The molecule has 0 aliphatic heterocycles. The number of pyridine rings is 1. The van der Waals surface area contributed by atoms with Crippen LogP contribution in [0.5, 0.6) is 0 Å². The van der Waals surface area contributed by atoms with Crippen molar-refractivity contribution in [1.82, 2.24) is 14.8 Å². The maximum Gasteiger partial charge on any atom is 0.224 e. The van der Waals surface area contributed by atoms with E-state index in [-0.39, 0.29) is 5.91 Å². The van der Waals surface area contributed by atoms with Gasteiger partial charge in [0.05, 0.1) is 5.69 Å². The molecular weight excluding hydrogens is 240 g/mol. The zero-order chi connectivity index (χ0) is 13.7. The second-order valence-corrected chi connectivity index (χ2v) is 4.38. The van der Waals surface area contributed by atoms with E-state index in [9.17, 15) is 4.79 Å². The molecule has 0 radical (unpaired) electrons. The molecule has 0 fully saturated rings. The van der Waals surface area contributed by atoms with Crippen LogP contribution >= 0.6 is 0 Å². The first-order valence-corrected chi connectivity index (χ1v) is 6.42. The molecule has 2 aromatic rings. The van der Waals surface area contributed by atoms with Crippen LogP contribution in [0.2, 0.25) is 0 Å². The molecule has 0 spiro atoms. The molecule has 2 aromatic heterocycles. The van der Waals surface area contributed by atoms with Gasteiger partial charge in [0.2, 0.25) is 5.91 Å². The van der Waals surface area contributed by atoms with E-state index < -0.39 is 0 Å². The minimum Gasteiger partial charge on any atom is -0.326 e. The molecule has 19 heavy (non-hydrogen) atoms. The van der Waals surface area contributed by atoms with Crippen LogP contribution in [0.15, 0.2) is 30.7 Å². The fourth-order valence-corrected chi connectivity index (χ4v) is 1.87. The van der Waals surface area contributed by atoms with Crippen LogP contribution in [0.4, 0.5) is 5.69 Å². The van der Waals surface area contributed by atoms with Crippen molar-refractivity contribution in [2.75, 3.05) is 5.32 Å². The number of nitrogens with one attached hydrogen (secondary N) is 1. The van der Waals surface area contributed by atoms with Gasteiger partial charge in [0.1, 0.15) is 0 Å². The fraction of sp³-hybridized carbons (Fsp3) is 0.357. The van der Waals surface area contributed by atoms with E-state index in [2.05, 4.69) is 15.4 Å². The quantitative estimate of drug-likeness (QED) is 0.894. The molecule has 0 unspecified atom stereocenters. The number of nitrogens with zero attached hydrogens (tertiary/aromatic N) is 3. The molecule has 2 heterocycles. The van der Waals surface area contributed by atoms with Crippen molar-refractivity contribution in [1.29, 1.82) is 0 Å². The summed E-state index contributed by atoms with van der Waals surface area (Å²) in [6, 6.07) is 3.55. The molecule has 5 heteroatoms. The second kappa shape index (κ2) is 6.13. The molecule has 0 saturated carbocycles. The Kier molecular flexibility index (Phi) is 4.28. The Balaban J connectivity index is 1.88. The van der Waals surface area contributed by atoms with Crippen molar-refractivity contribution < 1.29 is 4.79 Å². The maximum absolute atomic E-state index is 11.8. The lowest BCUT2D eigenvalue weighted by atomic mass is 10.1. The number of hydrogen-bond acceptors (Lipinski definition) is 3. The molecule has 2 rings (SSSR count). The fourth-order valence-electron chi connectivity index (χ4n) is 1.87. The monoisotopic (exact) mass is 258 g/mol. The standard InChI is InChI=1S/C14H18N4O/c1-3-18-10-12(11(2)17-18)4-5-14(19)16-13-6-8-15-9-7-13/h6-10H,3-5H2,1-2H3,(H,15,16,19). The van der Waals surface area contributed by atoms with E-state index >= 15 is 0 Å². The summed E-state index contributed by atoms with van der Waals surface area (Å²) in [7, 11) is 0. The highest BCUT2D eigenvalue weighted by Gasteiger charge is 2.07. The Morgan fingerprint density at radius 3 is 2.74 bits per heavy atom. The van der Waals surface area contributed by atoms with Crippen LogP contribution in [0.25, 0.3) is 0 Å². The van der Waals surface area contributed by atoms with Crippen LogP contribution < -0.4 is 5.32 Å². The Labute approximate surface area is 112 Å². The van der Waals surface area contributed by atoms with Crippen LogP contribution in [0, 0.1) is 6.92 Å². The topological polar surface area (TPSA) is 59.8 Å². The predicted octanol–water partition coefficient (Wildman–Crippen LogP) is 2.18. The van der Waals surface area contributed by atoms with Gasteiger partial charge in [0.15, 0.2) is 0 Å². The normalized spacial score (nSPS) is 10.4. The average molecular weight is 258 g/mol. The molecule has 0 aliphatic rings. The second-order valence-electron chi connectivity index (χ2n) is 4.38. The number of amides is 1. The van der Waals surface area contributed by atoms with Gasteiger partial charge in [-0.3, -0.25) is 14.5 Å². The van der Waals surface area contributed by atoms with E-state index in [1.807, 2.05) is 24.7 Å². The van der Waals surface area contributed by atoms with E-state index in [1.165, 1.54) is 0 Å². The zero-order valence-corrected chi connectivity index (χ0v) is 11.3. The van der Waals surface area contributed by atoms with Crippen molar-refractivity contribution in [2.24, 2.45) is 0 Å². The molecular formula is C14H18N4O. The van der Waals surface area contributed by atoms with E-state index in [4.69, 9.17) is 0 Å². The van der Waals surface area contributed by atoms with Crippen molar-refractivity contribution in [3.8, 4) is 0 Å². The minimum atomic E-state index is 0.00912. The molecule has 0 bridgehead atoms. The molecule has 1 amide bonds. The maximum atomic E-state index is 11.8. The van der Waals surface area contributed by atoms with E-state index in [1.54, 1.807) is 24.5 Å². The molecule has 100 valence electrons. The SMILES string of the molecule is CCn1cc(CCC(=O)Nc2ccncc2)c(C)n1. The third-order valence-electron chi connectivity index (χ3n) is 2.96. The number of rotatable bonds is 5. The number of hydrogen-bond donors (Lipinski definition) is 1. The lowest BCUT2D eigenvalue weighted by Crippen LogP contribution is -2.12. The van der Waals surface area contributed by atoms with Crippen LogP contribution in [-0.4, -0.2) is 20.7 Å². The molecule has 0 atom stereocenters. The highest BCUT2D eigenvalue weighted by molar-refractivity contribution is 5.90. The smallest absolute Gasteiger partial charge is 0.224 e. The van der Waals surface area contributed by atoms with Gasteiger partial charge in [-0.25, -0.2) is 0 Å². The van der Waals surface area contributed by atoms with Crippen molar-refractivity contribution >= 4 is 11.6 Å². The summed E-state index contributed by atoms with van der Waals surface area (Å²) in [6.07, 6.45) is 6.49. The van der Waals surface area contributed by atoms with Crippen LogP contribution in [0.1, 0.15) is 24.6 Å². The summed E-state index contributed by atoms with van der Waals surface area (Å²) < 4.78 is 1.89. The lowest BCUT2D eigenvalue weighted by Gasteiger charge is -2.04. The first-order valence-electron chi connectivity index (χ1n) is 6.42. The van der Waals surface area contributed by atoms with Gasteiger partial charge in [-0.15, -0.1) is 0 Å². The summed E-state index contributed by atoms with van der Waals surface area (Å²) in [5, 5.41) is 7.21. The van der Waals surface area contributed by atoms with Crippen molar-refractivity contribution in [3.63, 3.8) is 0 Å². The summed E-state index contributed by atoms with van der Waals surface area (Å²) in [6.45, 7) is 4.87. The lowest BCUT2D eigenvalue weighted by molar-refractivity contribution is -0.116. The number of aromatic nitrogens is 3. The first kappa shape index (κ1) is 13.3. The molecule has 0 aliphatic carbocycles. The van der Waals surface area contributed by atoms with Gasteiger partial charge in [-0.05, 0) is 38.0 Å². The highest BCUT2D eigenvalue weighted by atomic mass is 16.1. The van der Waals surface area contributed by atoms with Gasteiger partial charge >= 0.3 is 0 Å². The molecule has 0 saturated heterocycles. The van der Waals surface area contributed by atoms with Crippen molar-refractivity contribution in [3.05, 3.63) is 42.0 Å². The summed E-state index contributed by atoms with van der Waals surface area (Å²) in [5.74, 6) is 0.00912. The third-order valence-corrected chi connectivity index (χ3v) is 2.96. The highest BCUT2D eigenvalue weighted by Crippen LogP contribution is 2.10. The van der Waals surface area contributed by atoms with Gasteiger partial charge in [0.25, 0.3) is 0 Å². The molecule has 5 nitrogen and oxygen atoms in total. The number of aryl methyl sites for hydroxylation is 3. The molecule has 1 N–H and O–H groups in total. The van der Waals surface area contributed by atoms with Crippen LogP contribution in [-0.2, 0) is 17.8 Å². The summed E-state index contributed by atoms with van der Waals surface area (Å²) >= 11 is 0. The van der Waals surface area contributed by atoms with E-state index in [0.29, 0.717) is 12.8 Å². The first-order chi connectivity index (χ1) is 9.19. The van der Waals surface area contributed by atoms with E-state index in [0.717, 1.165) is 23.5 Å². The summed E-state index contributed by atoms with van der Waals surface area (Å²) in [4.78, 5) is 15.7. The minimum absolute atomic E-state index is 0.00912. The third kappa shape index (κ3) is 3.64. The van der Waals surface area contributed by atoms with Gasteiger partial charge < -0.3 is 5.32 Å².